The fourth-order valence-electron chi connectivity index (χ4n) is 2.98. The Hall–Kier alpha value is -2.62. The van der Waals surface area contributed by atoms with Gasteiger partial charge in [0.25, 0.3) is 5.91 Å². The van der Waals surface area contributed by atoms with Crippen molar-refractivity contribution in [3.05, 3.63) is 53.1 Å². The molecular weight excluding hydrogens is 428 g/mol. The summed E-state index contributed by atoms with van der Waals surface area (Å²) < 4.78 is 27.8. The highest BCUT2D eigenvalue weighted by molar-refractivity contribution is 7.89. The quantitative estimate of drug-likeness (QED) is 0.650. The van der Waals surface area contributed by atoms with Gasteiger partial charge in [-0.1, -0.05) is 17.7 Å². The zero-order valence-electron chi connectivity index (χ0n) is 16.8. The molecule has 10 heteroatoms. The number of carbonyl (C=O) groups is 2. The van der Waals surface area contributed by atoms with Gasteiger partial charge in [0.15, 0.2) is 0 Å². The highest BCUT2D eigenvalue weighted by Crippen LogP contribution is 2.25. The predicted octanol–water partition coefficient (Wildman–Crippen LogP) is 3.20. The third kappa shape index (κ3) is 5.10. The first-order valence-electron chi connectivity index (χ1n) is 9.27. The lowest BCUT2D eigenvalue weighted by atomic mass is 10.1. The molecule has 1 heterocycles. The standard InChI is InChI=1S/C20H23ClN4O4S/c1-20(2,3)24-30(28,29)17-11-13(7-8-16(17)21)18(26)23-14-5-4-6-15(12-14)25-10-9-22-19(25)27/h4-8,11-12,24H,9-10H2,1-3H3,(H,22,27)(H,23,26). The fourth-order valence-corrected chi connectivity index (χ4v) is 4.93. The molecule has 1 saturated heterocycles. The van der Waals surface area contributed by atoms with Crippen molar-refractivity contribution in [3.63, 3.8) is 0 Å². The molecule has 1 aliphatic rings. The number of hydrogen-bond donors (Lipinski definition) is 3. The molecule has 0 aromatic heterocycles. The van der Waals surface area contributed by atoms with Crippen LogP contribution in [0, 0.1) is 0 Å². The fraction of sp³-hybridized carbons (Fsp3) is 0.300. The second-order valence-corrected chi connectivity index (χ2v) is 9.95. The van der Waals surface area contributed by atoms with Gasteiger partial charge < -0.3 is 10.6 Å². The lowest BCUT2D eigenvalue weighted by Gasteiger charge is -2.21. The topological polar surface area (TPSA) is 108 Å². The maximum absolute atomic E-state index is 12.7. The molecule has 3 N–H and O–H groups in total. The number of nitrogens with one attached hydrogen (secondary N) is 3. The van der Waals surface area contributed by atoms with Crippen LogP contribution in [-0.4, -0.2) is 39.0 Å². The second-order valence-electron chi connectivity index (χ2n) is 7.89. The molecule has 1 aliphatic heterocycles. The lowest BCUT2D eigenvalue weighted by Crippen LogP contribution is -2.40. The number of carbonyl (C=O) groups excluding carboxylic acids is 2. The van der Waals surface area contributed by atoms with Crippen molar-refractivity contribution in [2.24, 2.45) is 0 Å². The van der Waals surface area contributed by atoms with Crippen LogP contribution in [0.5, 0.6) is 0 Å². The van der Waals surface area contributed by atoms with E-state index in [1.807, 2.05) is 0 Å². The van der Waals surface area contributed by atoms with Crippen molar-refractivity contribution in [2.45, 2.75) is 31.2 Å². The van der Waals surface area contributed by atoms with Crippen molar-refractivity contribution in [3.8, 4) is 0 Å². The van der Waals surface area contributed by atoms with Gasteiger partial charge in [0.1, 0.15) is 4.90 Å². The summed E-state index contributed by atoms with van der Waals surface area (Å²) in [4.78, 5) is 26.0. The van der Waals surface area contributed by atoms with Crippen LogP contribution in [0.4, 0.5) is 16.2 Å². The number of rotatable bonds is 5. The summed E-state index contributed by atoms with van der Waals surface area (Å²) in [5, 5.41) is 5.47. The first kappa shape index (κ1) is 22.1. The summed E-state index contributed by atoms with van der Waals surface area (Å²) in [6.45, 7) is 6.23. The van der Waals surface area contributed by atoms with Crippen LogP contribution in [0.2, 0.25) is 5.02 Å². The molecule has 8 nitrogen and oxygen atoms in total. The summed E-state index contributed by atoms with van der Waals surface area (Å²) in [5.41, 5.74) is 0.557. The number of anilines is 2. The Morgan fingerprint density at radius 3 is 2.53 bits per heavy atom. The average molecular weight is 451 g/mol. The molecule has 2 aromatic rings. The minimum Gasteiger partial charge on any atom is -0.336 e. The summed E-state index contributed by atoms with van der Waals surface area (Å²) in [5.74, 6) is -0.498. The van der Waals surface area contributed by atoms with E-state index in [9.17, 15) is 18.0 Å². The molecule has 0 saturated carbocycles. The van der Waals surface area contributed by atoms with Crippen LogP contribution in [0.15, 0.2) is 47.4 Å². The van der Waals surface area contributed by atoms with Crippen LogP contribution in [0.1, 0.15) is 31.1 Å². The number of hydrogen-bond acceptors (Lipinski definition) is 4. The van der Waals surface area contributed by atoms with Crippen LogP contribution in [0.25, 0.3) is 0 Å². The molecule has 160 valence electrons. The highest BCUT2D eigenvalue weighted by Gasteiger charge is 2.26. The van der Waals surface area contributed by atoms with Crippen LogP contribution in [-0.2, 0) is 10.0 Å². The van der Waals surface area contributed by atoms with Gasteiger partial charge in [-0.2, -0.15) is 0 Å². The van der Waals surface area contributed by atoms with Gasteiger partial charge >= 0.3 is 6.03 Å². The van der Waals surface area contributed by atoms with Crippen LogP contribution < -0.4 is 20.3 Å². The smallest absolute Gasteiger partial charge is 0.321 e. The monoisotopic (exact) mass is 450 g/mol. The first-order chi connectivity index (χ1) is 14.0. The van der Waals surface area contributed by atoms with E-state index in [0.29, 0.717) is 24.5 Å². The number of sulfonamides is 1. The van der Waals surface area contributed by atoms with E-state index >= 15 is 0 Å². The van der Waals surface area contributed by atoms with Crippen molar-refractivity contribution in [1.82, 2.24) is 10.0 Å². The molecule has 1 fully saturated rings. The van der Waals surface area contributed by atoms with Gasteiger partial charge in [-0.3, -0.25) is 9.69 Å². The van der Waals surface area contributed by atoms with Crippen molar-refractivity contribution >= 4 is 44.9 Å². The number of nitrogens with zero attached hydrogens (tertiary/aromatic N) is 1. The van der Waals surface area contributed by atoms with E-state index in [1.54, 1.807) is 49.9 Å². The van der Waals surface area contributed by atoms with Gasteiger partial charge in [-0.25, -0.2) is 17.9 Å². The number of halogens is 1. The molecule has 0 spiro atoms. The minimum atomic E-state index is -3.91. The highest BCUT2D eigenvalue weighted by atomic mass is 35.5. The van der Waals surface area contributed by atoms with Crippen LogP contribution >= 0.6 is 11.6 Å². The Morgan fingerprint density at radius 1 is 1.17 bits per heavy atom. The summed E-state index contributed by atoms with van der Waals surface area (Å²) >= 11 is 6.09. The van der Waals surface area contributed by atoms with E-state index in [4.69, 9.17) is 11.6 Å². The maximum Gasteiger partial charge on any atom is 0.321 e. The largest absolute Gasteiger partial charge is 0.336 e. The summed E-state index contributed by atoms with van der Waals surface area (Å²) in [6, 6.07) is 10.7. The molecule has 0 atom stereocenters. The van der Waals surface area contributed by atoms with Crippen molar-refractivity contribution < 1.29 is 18.0 Å². The Kier molecular flexibility index (Phi) is 6.07. The summed E-state index contributed by atoms with van der Waals surface area (Å²) in [7, 11) is -3.91. The third-order valence-corrected chi connectivity index (χ3v) is 6.44. The number of benzene rings is 2. The summed E-state index contributed by atoms with van der Waals surface area (Å²) in [6.07, 6.45) is 0. The van der Waals surface area contributed by atoms with E-state index in [0.717, 1.165) is 0 Å². The molecule has 0 unspecified atom stereocenters. The third-order valence-electron chi connectivity index (χ3n) is 4.20. The van der Waals surface area contributed by atoms with Gasteiger partial charge in [0, 0.05) is 35.6 Å². The number of amides is 3. The van der Waals surface area contributed by atoms with Crippen molar-refractivity contribution in [1.29, 1.82) is 0 Å². The first-order valence-corrected chi connectivity index (χ1v) is 11.1. The Balaban J connectivity index is 1.84. The molecule has 3 rings (SSSR count). The van der Waals surface area contributed by atoms with Gasteiger partial charge in [-0.15, -0.1) is 0 Å². The Labute approximate surface area is 180 Å². The van der Waals surface area contributed by atoms with E-state index in [-0.39, 0.29) is 21.5 Å². The van der Waals surface area contributed by atoms with E-state index < -0.39 is 21.5 Å². The minimum absolute atomic E-state index is 0.0188. The molecule has 0 radical (unpaired) electrons. The molecular formula is C20H23ClN4O4S. The SMILES string of the molecule is CC(C)(C)NS(=O)(=O)c1cc(C(=O)Nc2cccc(N3CCNC3=O)c2)ccc1Cl. The molecule has 3 amide bonds. The zero-order chi connectivity index (χ0) is 22.1. The van der Waals surface area contributed by atoms with Gasteiger partial charge in [0.05, 0.1) is 5.02 Å². The molecule has 2 aromatic carbocycles. The zero-order valence-corrected chi connectivity index (χ0v) is 18.4. The number of urea groups is 1. The van der Waals surface area contributed by atoms with Crippen LogP contribution in [0.3, 0.4) is 0 Å². The predicted molar refractivity (Wildman–Crippen MR) is 117 cm³/mol. The molecule has 0 bridgehead atoms. The maximum atomic E-state index is 12.7. The van der Waals surface area contributed by atoms with Gasteiger partial charge in [-0.05, 0) is 57.2 Å². The van der Waals surface area contributed by atoms with E-state index in [2.05, 4.69) is 15.4 Å². The second kappa shape index (κ2) is 8.25. The molecule has 30 heavy (non-hydrogen) atoms. The average Bonchev–Trinajstić information content (AvgIpc) is 3.06. The van der Waals surface area contributed by atoms with Crippen molar-refractivity contribution in [2.75, 3.05) is 23.3 Å². The Bertz CT molecular complexity index is 1100. The lowest BCUT2D eigenvalue weighted by molar-refractivity contribution is 0.102. The van der Waals surface area contributed by atoms with Gasteiger partial charge in [0.2, 0.25) is 10.0 Å². The Morgan fingerprint density at radius 2 is 1.90 bits per heavy atom. The van der Waals surface area contributed by atoms with E-state index in [1.165, 1.54) is 18.2 Å². The molecule has 0 aliphatic carbocycles. The normalized spacial score (nSPS) is 14.5.